The van der Waals surface area contributed by atoms with E-state index in [0.717, 1.165) is 34.2 Å². The van der Waals surface area contributed by atoms with Gasteiger partial charge in [0.1, 0.15) is 11.6 Å². The van der Waals surface area contributed by atoms with Gasteiger partial charge in [-0.1, -0.05) is 24.3 Å². The number of pyridine rings is 1. The predicted octanol–water partition coefficient (Wildman–Crippen LogP) is 4.79. The first-order valence-electron chi connectivity index (χ1n) is 9.07. The number of amides is 2. The van der Waals surface area contributed by atoms with E-state index < -0.39 is 17.7 Å². The Balaban J connectivity index is 1.55. The lowest BCUT2D eigenvalue weighted by Gasteiger charge is -2.18. The molecule has 146 valence electrons. The van der Waals surface area contributed by atoms with Gasteiger partial charge in [-0.2, -0.15) is 0 Å². The number of aromatic nitrogens is 2. The fourth-order valence-corrected chi connectivity index (χ4v) is 3.32. The molecule has 0 aliphatic carbocycles. The Kier molecular flexibility index (Phi) is 5.20. The topological polar surface area (TPSA) is 69.8 Å². The molecule has 0 spiro atoms. The van der Waals surface area contributed by atoms with Gasteiger partial charge in [0.05, 0.1) is 5.69 Å². The molecule has 1 atom stereocenters. The minimum atomic E-state index is -0.833. The van der Waals surface area contributed by atoms with Gasteiger partial charge in [0, 0.05) is 48.0 Å². The highest BCUT2D eigenvalue weighted by Gasteiger charge is 2.19. The Hall–Kier alpha value is -3.74. The fourth-order valence-electron chi connectivity index (χ4n) is 3.32. The summed E-state index contributed by atoms with van der Waals surface area (Å²) < 4.78 is 26.8. The standard InChI is InChI=1S/C22H18F2N4O/c23-15-7-8-21(19(24)10-15)28-22(29)27-12-17(14-4-3-9-25-11-14)18-13-26-20-6-2-1-5-16(18)20/h1-11,13,17,26H,12H2,(H2,27,28,29)/t17-/m0/s1. The number of halogens is 2. The van der Waals surface area contributed by atoms with E-state index in [0.29, 0.717) is 0 Å². The van der Waals surface area contributed by atoms with Gasteiger partial charge in [0.2, 0.25) is 0 Å². The summed E-state index contributed by atoms with van der Waals surface area (Å²) in [7, 11) is 0. The molecular formula is C22H18F2N4O. The number of fused-ring (bicyclic) bond motifs is 1. The van der Waals surface area contributed by atoms with Crippen LogP contribution in [-0.2, 0) is 0 Å². The number of rotatable bonds is 5. The van der Waals surface area contributed by atoms with Gasteiger partial charge in [0.25, 0.3) is 0 Å². The molecule has 4 rings (SSSR count). The average Bonchev–Trinajstić information content (AvgIpc) is 3.15. The average molecular weight is 392 g/mol. The molecule has 0 unspecified atom stereocenters. The Labute approximate surface area is 165 Å². The minimum Gasteiger partial charge on any atom is -0.361 e. The summed E-state index contributed by atoms with van der Waals surface area (Å²) in [6.07, 6.45) is 5.36. The van der Waals surface area contributed by atoms with Crippen molar-refractivity contribution < 1.29 is 13.6 Å². The summed E-state index contributed by atoms with van der Waals surface area (Å²) in [6, 6.07) is 14.1. The van der Waals surface area contributed by atoms with Crippen LogP contribution in [0.4, 0.5) is 19.3 Å². The zero-order chi connectivity index (χ0) is 20.2. The molecular weight excluding hydrogens is 374 g/mol. The normalized spacial score (nSPS) is 11.9. The van der Waals surface area contributed by atoms with Crippen LogP contribution in [0.15, 0.2) is 73.2 Å². The molecule has 4 aromatic rings. The van der Waals surface area contributed by atoms with E-state index in [1.54, 1.807) is 12.4 Å². The number of carbonyl (C=O) groups excluding carboxylic acids is 1. The molecule has 0 fully saturated rings. The van der Waals surface area contributed by atoms with Crippen molar-refractivity contribution in [3.05, 3.63) is 95.9 Å². The molecule has 5 nitrogen and oxygen atoms in total. The quantitative estimate of drug-likeness (QED) is 0.457. The second-order valence-electron chi connectivity index (χ2n) is 6.59. The van der Waals surface area contributed by atoms with Crippen molar-refractivity contribution in [3.63, 3.8) is 0 Å². The highest BCUT2D eigenvalue weighted by molar-refractivity contribution is 5.89. The van der Waals surface area contributed by atoms with Crippen LogP contribution in [0.25, 0.3) is 10.9 Å². The lowest BCUT2D eigenvalue weighted by molar-refractivity contribution is 0.251. The van der Waals surface area contributed by atoms with Gasteiger partial charge in [-0.15, -0.1) is 0 Å². The van der Waals surface area contributed by atoms with Crippen LogP contribution in [0.5, 0.6) is 0 Å². The summed E-state index contributed by atoms with van der Waals surface area (Å²) >= 11 is 0. The number of para-hydroxylation sites is 1. The van der Waals surface area contributed by atoms with Crippen molar-refractivity contribution in [1.82, 2.24) is 15.3 Å². The van der Waals surface area contributed by atoms with Gasteiger partial charge < -0.3 is 15.6 Å². The first-order chi connectivity index (χ1) is 14.1. The zero-order valence-electron chi connectivity index (χ0n) is 15.3. The van der Waals surface area contributed by atoms with Gasteiger partial charge >= 0.3 is 6.03 Å². The van der Waals surface area contributed by atoms with Crippen molar-refractivity contribution in [2.45, 2.75) is 5.92 Å². The number of hydrogen-bond donors (Lipinski definition) is 3. The van der Waals surface area contributed by atoms with Crippen molar-refractivity contribution in [3.8, 4) is 0 Å². The molecule has 0 saturated carbocycles. The number of urea groups is 1. The predicted molar refractivity (Wildman–Crippen MR) is 108 cm³/mol. The molecule has 0 saturated heterocycles. The number of nitrogens with zero attached hydrogens (tertiary/aromatic N) is 1. The molecule has 0 bridgehead atoms. The molecule has 2 aromatic carbocycles. The van der Waals surface area contributed by atoms with Crippen LogP contribution in [-0.4, -0.2) is 22.5 Å². The largest absolute Gasteiger partial charge is 0.361 e. The number of nitrogens with one attached hydrogen (secondary N) is 3. The number of benzene rings is 2. The summed E-state index contributed by atoms with van der Waals surface area (Å²) in [5, 5.41) is 6.23. The van der Waals surface area contributed by atoms with Crippen LogP contribution in [0.1, 0.15) is 17.0 Å². The van der Waals surface area contributed by atoms with Crippen molar-refractivity contribution >= 4 is 22.6 Å². The Bertz CT molecular complexity index is 1140. The lowest BCUT2D eigenvalue weighted by Crippen LogP contribution is -2.33. The van der Waals surface area contributed by atoms with Crippen LogP contribution < -0.4 is 10.6 Å². The van der Waals surface area contributed by atoms with E-state index in [-0.39, 0.29) is 18.2 Å². The number of carbonyl (C=O) groups is 1. The van der Waals surface area contributed by atoms with Gasteiger partial charge in [-0.05, 0) is 35.4 Å². The summed E-state index contributed by atoms with van der Waals surface area (Å²) in [5.74, 6) is -1.70. The monoisotopic (exact) mass is 392 g/mol. The van der Waals surface area contributed by atoms with Gasteiger partial charge in [-0.3, -0.25) is 4.98 Å². The maximum absolute atomic E-state index is 13.8. The zero-order valence-corrected chi connectivity index (χ0v) is 15.3. The number of H-pyrrole nitrogens is 1. The Morgan fingerprint density at radius 2 is 1.97 bits per heavy atom. The second kappa shape index (κ2) is 8.10. The molecule has 0 aliphatic rings. The first-order valence-corrected chi connectivity index (χ1v) is 9.07. The van der Waals surface area contributed by atoms with Gasteiger partial charge in [-0.25, -0.2) is 13.6 Å². The van der Waals surface area contributed by atoms with Crippen LogP contribution >= 0.6 is 0 Å². The number of hydrogen-bond acceptors (Lipinski definition) is 2. The van der Waals surface area contributed by atoms with E-state index in [4.69, 9.17) is 0 Å². The Morgan fingerprint density at radius 1 is 1.10 bits per heavy atom. The summed E-state index contributed by atoms with van der Waals surface area (Å²) in [5.41, 5.74) is 2.86. The number of anilines is 1. The van der Waals surface area contributed by atoms with Crippen LogP contribution in [0, 0.1) is 11.6 Å². The van der Waals surface area contributed by atoms with Crippen LogP contribution in [0.3, 0.4) is 0 Å². The molecule has 7 heteroatoms. The SMILES string of the molecule is O=C(NC[C@@H](c1cccnc1)c1c[nH]c2ccccc12)Nc1ccc(F)cc1F. The van der Waals surface area contributed by atoms with Crippen molar-refractivity contribution in [1.29, 1.82) is 0 Å². The highest BCUT2D eigenvalue weighted by Crippen LogP contribution is 2.30. The van der Waals surface area contributed by atoms with E-state index in [1.807, 2.05) is 42.6 Å². The third-order valence-electron chi connectivity index (χ3n) is 4.73. The maximum Gasteiger partial charge on any atom is 0.319 e. The summed E-state index contributed by atoms with van der Waals surface area (Å²) in [4.78, 5) is 19.7. The van der Waals surface area contributed by atoms with E-state index in [2.05, 4.69) is 20.6 Å². The smallest absolute Gasteiger partial charge is 0.319 e. The van der Waals surface area contributed by atoms with Crippen molar-refractivity contribution in [2.24, 2.45) is 0 Å². The second-order valence-corrected chi connectivity index (χ2v) is 6.59. The first kappa shape index (κ1) is 18.6. The summed E-state index contributed by atoms with van der Waals surface area (Å²) in [6.45, 7) is 0.266. The molecule has 0 radical (unpaired) electrons. The van der Waals surface area contributed by atoms with Crippen molar-refractivity contribution in [2.75, 3.05) is 11.9 Å². The molecule has 29 heavy (non-hydrogen) atoms. The maximum atomic E-state index is 13.8. The van der Waals surface area contributed by atoms with E-state index in [1.165, 1.54) is 6.07 Å². The highest BCUT2D eigenvalue weighted by atomic mass is 19.1. The fraction of sp³-hybridized carbons (Fsp3) is 0.0909. The molecule has 0 aliphatic heterocycles. The van der Waals surface area contributed by atoms with E-state index >= 15 is 0 Å². The molecule has 2 amide bonds. The Morgan fingerprint density at radius 3 is 2.76 bits per heavy atom. The van der Waals surface area contributed by atoms with Crippen LogP contribution in [0.2, 0.25) is 0 Å². The molecule has 2 heterocycles. The third kappa shape index (κ3) is 4.08. The van der Waals surface area contributed by atoms with Gasteiger partial charge in [0.15, 0.2) is 0 Å². The number of aromatic amines is 1. The molecule has 2 aromatic heterocycles. The van der Waals surface area contributed by atoms with E-state index in [9.17, 15) is 13.6 Å². The molecule has 3 N–H and O–H groups in total. The third-order valence-corrected chi connectivity index (χ3v) is 4.73. The minimum absolute atomic E-state index is 0.0890. The lowest BCUT2D eigenvalue weighted by atomic mass is 9.92.